The maximum absolute atomic E-state index is 12.1. The molecule has 1 aromatic carbocycles. The second kappa shape index (κ2) is 6.95. The summed E-state index contributed by atoms with van der Waals surface area (Å²) >= 11 is 5.98. The monoisotopic (exact) mass is 316 g/mol. The Bertz CT molecular complexity index is 633. The van der Waals surface area contributed by atoms with Gasteiger partial charge in [-0.3, -0.25) is 4.72 Å². The number of nitrogens with zero attached hydrogens (tertiary/aromatic N) is 1. The lowest BCUT2D eigenvalue weighted by molar-refractivity contribution is 0.350. The van der Waals surface area contributed by atoms with Crippen molar-refractivity contribution in [1.29, 1.82) is 0 Å². The van der Waals surface area contributed by atoms with Crippen LogP contribution >= 0.6 is 11.6 Å². The number of rotatable bonds is 4. The van der Waals surface area contributed by atoms with Crippen LogP contribution in [0.25, 0.3) is 0 Å². The number of benzene rings is 1. The van der Waals surface area contributed by atoms with Gasteiger partial charge in [0.2, 0.25) is 0 Å². The summed E-state index contributed by atoms with van der Waals surface area (Å²) in [7, 11) is -2.19. The van der Waals surface area contributed by atoms with Crippen molar-refractivity contribution in [3.63, 3.8) is 0 Å². The van der Waals surface area contributed by atoms with Crippen molar-refractivity contribution in [2.24, 2.45) is 0 Å². The second-order valence-corrected chi connectivity index (χ2v) is 6.51. The third-order valence-electron chi connectivity index (χ3n) is 2.62. The molecule has 0 radical (unpaired) electrons. The third kappa shape index (κ3) is 4.39. The maximum Gasteiger partial charge on any atom is 0.301 e. The molecule has 0 aliphatic heterocycles. The first kappa shape index (κ1) is 16.8. The van der Waals surface area contributed by atoms with Gasteiger partial charge in [-0.15, -0.1) is 0 Å². The van der Waals surface area contributed by atoms with Gasteiger partial charge in [0.1, 0.15) is 6.61 Å². The molecule has 0 fully saturated rings. The number of aliphatic hydroxyl groups is 1. The fourth-order valence-electron chi connectivity index (χ4n) is 1.31. The van der Waals surface area contributed by atoms with Crippen LogP contribution in [-0.4, -0.2) is 37.5 Å². The van der Waals surface area contributed by atoms with E-state index in [9.17, 15) is 8.42 Å². The lowest BCUT2D eigenvalue weighted by Gasteiger charge is -2.22. The molecule has 7 heteroatoms. The molecule has 0 saturated heterocycles. The largest absolute Gasteiger partial charge is 0.384 e. The first-order chi connectivity index (χ1) is 9.27. The number of aliphatic hydroxyl groups excluding tert-OH is 1. The summed E-state index contributed by atoms with van der Waals surface area (Å²) in [5, 5.41) is 8.93. The molecule has 0 atom stereocenters. The van der Waals surface area contributed by atoms with E-state index >= 15 is 0 Å². The predicted octanol–water partition coefficient (Wildman–Crippen LogP) is 1.68. The van der Waals surface area contributed by atoms with Crippen LogP contribution in [0.1, 0.15) is 19.4 Å². The molecular formula is C13H17ClN2O3S. The summed E-state index contributed by atoms with van der Waals surface area (Å²) < 4.78 is 27.8. The van der Waals surface area contributed by atoms with Crippen LogP contribution in [0.4, 0.5) is 5.69 Å². The molecule has 0 unspecified atom stereocenters. The van der Waals surface area contributed by atoms with Crippen molar-refractivity contribution < 1.29 is 13.5 Å². The van der Waals surface area contributed by atoms with E-state index in [1.54, 1.807) is 26.0 Å². The zero-order valence-corrected chi connectivity index (χ0v) is 13.1. The number of hydrogen-bond acceptors (Lipinski definition) is 3. The molecule has 0 bridgehead atoms. The van der Waals surface area contributed by atoms with Gasteiger partial charge in [0.05, 0.1) is 10.7 Å². The van der Waals surface area contributed by atoms with Gasteiger partial charge in [-0.2, -0.15) is 12.7 Å². The Hall–Kier alpha value is -1.26. The Morgan fingerprint density at radius 2 is 2.10 bits per heavy atom. The number of nitrogens with one attached hydrogen (secondary N) is 1. The molecule has 0 saturated carbocycles. The van der Waals surface area contributed by atoms with Gasteiger partial charge in [-0.1, -0.05) is 23.4 Å². The zero-order valence-electron chi connectivity index (χ0n) is 11.5. The second-order valence-electron chi connectivity index (χ2n) is 4.37. The van der Waals surface area contributed by atoms with Gasteiger partial charge < -0.3 is 5.11 Å². The highest BCUT2D eigenvalue weighted by Gasteiger charge is 2.21. The van der Waals surface area contributed by atoms with Gasteiger partial charge in [0.25, 0.3) is 0 Å². The Morgan fingerprint density at radius 1 is 1.45 bits per heavy atom. The molecule has 0 heterocycles. The van der Waals surface area contributed by atoms with Gasteiger partial charge >= 0.3 is 10.2 Å². The fraction of sp³-hybridized carbons (Fsp3) is 0.385. The molecule has 2 N–H and O–H groups in total. The van der Waals surface area contributed by atoms with Crippen LogP contribution in [0.5, 0.6) is 0 Å². The van der Waals surface area contributed by atoms with Gasteiger partial charge in [-0.25, -0.2) is 0 Å². The molecule has 0 spiro atoms. The van der Waals surface area contributed by atoms with E-state index < -0.39 is 10.2 Å². The van der Waals surface area contributed by atoms with E-state index in [4.69, 9.17) is 16.7 Å². The van der Waals surface area contributed by atoms with Crippen molar-refractivity contribution in [1.82, 2.24) is 4.31 Å². The Labute approximate surface area is 124 Å². The quantitative estimate of drug-likeness (QED) is 0.830. The maximum atomic E-state index is 12.1. The minimum atomic E-state index is -3.67. The molecule has 0 aromatic heterocycles. The lowest BCUT2D eigenvalue weighted by atomic mass is 10.2. The summed E-state index contributed by atoms with van der Waals surface area (Å²) in [6.45, 7) is 3.27. The minimum Gasteiger partial charge on any atom is -0.384 e. The minimum absolute atomic E-state index is 0.177. The van der Waals surface area contributed by atoms with E-state index in [1.165, 1.54) is 17.4 Å². The van der Waals surface area contributed by atoms with Gasteiger partial charge in [-0.05, 0) is 32.0 Å². The fourth-order valence-corrected chi connectivity index (χ4v) is 2.68. The molecule has 0 amide bonds. The predicted molar refractivity (Wildman–Crippen MR) is 80.9 cm³/mol. The van der Waals surface area contributed by atoms with Crippen LogP contribution in [-0.2, 0) is 10.2 Å². The van der Waals surface area contributed by atoms with Crippen molar-refractivity contribution >= 4 is 27.5 Å². The molecule has 20 heavy (non-hydrogen) atoms. The highest BCUT2D eigenvalue weighted by atomic mass is 35.5. The molecule has 0 aliphatic rings. The van der Waals surface area contributed by atoms with E-state index in [2.05, 4.69) is 16.6 Å². The highest BCUT2D eigenvalue weighted by molar-refractivity contribution is 7.90. The van der Waals surface area contributed by atoms with E-state index in [0.29, 0.717) is 5.56 Å². The molecular weight excluding hydrogens is 300 g/mol. The summed E-state index contributed by atoms with van der Waals surface area (Å²) in [5.41, 5.74) is 0.817. The number of hydrogen-bond donors (Lipinski definition) is 2. The van der Waals surface area contributed by atoms with Crippen molar-refractivity contribution in [3.05, 3.63) is 28.8 Å². The van der Waals surface area contributed by atoms with Crippen LogP contribution in [0.3, 0.4) is 0 Å². The molecule has 5 nitrogen and oxygen atoms in total. The normalized spacial score (nSPS) is 11.3. The zero-order chi connectivity index (χ0) is 15.3. The topological polar surface area (TPSA) is 69.6 Å². The summed E-state index contributed by atoms with van der Waals surface area (Å²) in [4.78, 5) is 0. The average Bonchev–Trinajstić information content (AvgIpc) is 2.38. The van der Waals surface area contributed by atoms with Gasteiger partial charge in [0, 0.05) is 18.7 Å². The van der Waals surface area contributed by atoms with Crippen molar-refractivity contribution in [2.45, 2.75) is 19.9 Å². The summed E-state index contributed by atoms with van der Waals surface area (Å²) in [6.07, 6.45) is 0. The smallest absolute Gasteiger partial charge is 0.301 e. The first-order valence-corrected chi connectivity index (χ1v) is 7.74. The SMILES string of the molecule is CC(C)N(C)S(=O)(=O)Nc1cc(C#CCO)ccc1Cl. The molecule has 1 aromatic rings. The van der Waals surface area contributed by atoms with Crippen molar-refractivity contribution in [3.8, 4) is 11.8 Å². The first-order valence-electron chi connectivity index (χ1n) is 5.93. The summed E-state index contributed by atoms with van der Waals surface area (Å²) in [6, 6.07) is 4.55. The van der Waals surface area contributed by atoms with Gasteiger partial charge in [0.15, 0.2) is 0 Å². The summed E-state index contributed by atoms with van der Waals surface area (Å²) in [5.74, 6) is 5.18. The van der Waals surface area contributed by atoms with Crippen LogP contribution < -0.4 is 4.72 Å². The van der Waals surface area contributed by atoms with E-state index in [-0.39, 0.29) is 23.4 Å². The number of halogens is 1. The van der Waals surface area contributed by atoms with E-state index in [0.717, 1.165) is 0 Å². The van der Waals surface area contributed by atoms with Crippen LogP contribution in [0.15, 0.2) is 18.2 Å². The van der Waals surface area contributed by atoms with Crippen molar-refractivity contribution in [2.75, 3.05) is 18.4 Å². The molecule has 0 aliphatic carbocycles. The average molecular weight is 317 g/mol. The molecule has 110 valence electrons. The standard InChI is InChI=1S/C13H17ClN2O3S/c1-10(2)16(3)20(18,19)15-13-9-11(5-4-8-17)6-7-12(13)14/h6-7,9-10,15,17H,8H2,1-3H3. The van der Waals surface area contributed by atoms with Crippen LogP contribution in [0, 0.1) is 11.8 Å². The molecule has 1 rings (SSSR count). The third-order valence-corrected chi connectivity index (χ3v) is 4.61. The Kier molecular flexibility index (Phi) is 5.84. The Morgan fingerprint density at radius 3 is 2.65 bits per heavy atom. The number of anilines is 1. The lowest BCUT2D eigenvalue weighted by Crippen LogP contribution is -2.37. The van der Waals surface area contributed by atoms with Crippen LogP contribution in [0.2, 0.25) is 5.02 Å². The highest BCUT2D eigenvalue weighted by Crippen LogP contribution is 2.24. The Balaban J connectivity index is 3.08. The van der Waals surface area contributed by atoms with E-state index in [1.807, 2.05) is 0 Å².